The number of methoxy groups -OCH3 is 1. The van der Waals surface area contributed by atoms with Crippen LogP contribution in [0.25, 0.3) is 0 Å². The molecule has 0 unspecified atom stereocenters. The normalized spacial score (nSPS) is 12.6. The highest BCUT2D eigenvalue weighted by Gasteiger charge is 2.32. The number of hydrogen-bond donors (Lipinski definition) is 1. The van der Waals surface area contributed by atoms with Gasteiger partial charge in [-0.3, -0.25) is 0 Å². The zero-order valence-corrected chi connectivity index (χ0v) is 18.2. The molecule has 0 aromatic heterocycles. The fourth-order valence-corrected chi connectivity index (χ4v) is 3.20. The Morgan fingerprint density at radius 1 is 0.818 bits per heavy atom. The van der Waals surface area contributed by atoms with E-state index in [2.05, 4.69) is 10.3 Å². The third-order valence-electron chi connectivity index (χ3n) is 4.40. The summed E-state index contributed by atoms with van der Waals surface area (Å²) in [6.07, 6.45) is -9.17. The number of anilines is 1. The molecule has 0 saturated heterocycles. The molecule has 0 aliphatic carbocycles. The van der Waals surface area contributed by atoms with Gasteiger partial charge in [-0.25, -0.2) is 4.99 Å². The van der Waals surface area contributed by atoms with Crippen LogP contribution in [-0.2, 0) is 12.4 Å². The SMILES string of the molecule is COc1cccc(C(=Nc2ccc(C(F)(F)F)cc2Cl)Nc2ccc(C(F)(F)F)cc2Cl)c1. The fourth-order valence-electron chi connectivity index (χ4n) is 2.75. The first-order valence-corrected chi connectivity index (χ1v) is 9.87. The monoisotopic (exact) mass is 506 g/mol. The van der Waals surface area contributed by atoms with Gasteiger partial charge in [-0.15, -0.1) is 0 Å². The lowest BCUT2D eigenvalue weighted by molar-refractivity contribution is -0.138. The Kier molecular flexibility index (Phi) is 7.14. The molecule has 0 fully saturated rings. The maximum Gasteiger partial charge on any atom is 0.416 e. The van der Waals surface area contributed by atoms with Crippen molar-refractivity contribution < 1.29 is 31.1 Å². The van der Waals surface area contributed by atoms with Crippen LogP contribution < -0.4 is 10.1 Å². The molecule has 0 heterocycles. The number of hydrogen-bond acceptors (Lipinski definition) is 2. The second-order valence-corrected chi connectivity index (χ2v) is 7.49. The summed E-state index contributed by atoms with van der Waals surface area (Å²) >= 11 is 12.1. The Bertz CT molecular complexity index is 1190. The third kappa shape index (κ3) is 6.11. The number of benzene rings is 3. The molecule has 1 N–H and O–H groups in total. The largest absolute Gasteiger partial charge is 0.497 e. The lowest BCUT2D eigenvalue weighted by atomic mass is 10.1. The summed E-state index contributed by atoms with van der Waals surface area (Å²) < 4.78 is 82.8. The molecule has 0 aliphatic heterocycles. The Hall–Kier alpha value is -2.91. The first-order valence-electron chi connectivity index (χ1n) is 9.12. The molecule has 3 aromatic rings. The van der Waals surface area contributed by atoms with Gasteiger partial charge < -0.3 is 10.1 Å². The zero-order valence-electron chi connectivity index (χ0n) is 16.7. The van der Waals surface area contributed by atoms with Gasteiger partial charge in [-0.2, -0.15) is 26.3 Å². The molecule has 11 heteroatoms. The molecule has 0 spiro atoms. The molecular formula is C22H14Cl2F6N2O. The highest BCUT2D eigenvalue weighted by Crippen LogP contribution is 2.36. The van der Waals surface area contributed by atoms with Crippen LogP contribution in [0.2, 0.25) is 10.0 Å². The number of alkyl halides is 6. The van der Waals surface area contributed by atoms with Gasteiger partial charge in [0, 0.05) is 5.56 Å². The van der Waals surface area contributed by atoms with Gasteiger partial charge in [0.1, 0.15) is 11.6 Å². The van der Waals surface area contributed by atoms with E-state index in [0.717, 1.165) is 36.4 Å². The number of halogens is 8. The predicted molar refractivity (Wildman–Crippen MR) is 116 cm³/mol. The third-order valence-corrected chi connectivity index (χ3v) is 5.02. The first-order chi connectivity index (χ1) is 15.4. The molecule has 0 saturated carbocycles. The van der Waals surface area contributed by atoms with Gasteiger partial charge in [0.2, 0.25) is 0 Å². The number of nitrogens with one attached hydrogen (secondary N) is 1. The molecule has 0 radical (unpaired) electrons. The minimum atomic E-state index is -4.59. The average Bonchev–Trinajstić information content (AvgIpc) is 2.74. The van der Waals surface area contributed by atoms with Crippen molar-refractivity contribution in [1.82, 2.24) is 0 Å². The first kappa shape index (κ1) is 24.7. The van der Waals surface area contributed by atoms with Crippen molar-refractivity contribution >= 4 is 40.4 Å². The average molecular weight is 507 g/mol. The van der Waals surface area contributed by atoms with Crippen LogP contribution in [0.5, 0.6) is 5.75 Å². The molecule has 0 amide bonds. The second kappa shape index (κ2) is 9.52. The van der Waals surface area contributed by atoms with Crippen molar-refractivity contribution in [2.45, 2.75) is 12.4 Å². The van der Waals surface area contributed by atoms with E-state index in [4.69, 9.17) is 27.9 Å². The van der Waals surface area contributed by atoms with Gasteiger partial charge >= 0.3 is 12.4 Å². The van der Waals surface area contributed by atoms with Crippen molar-refractivity contribution in [1.29, 1.82) is 0 Å². The summed E-state index contributed by atoms with van der Waals surface area (Å²) in [6.45, 7) is 0. The lowest BCUT2D eigenvalue weighted by Gasteiger charge is -2.15. The van der Waals surface area contributed by atoms with E-state index in [1.54, 1.807) is 24.3 Å². The standard InChI is InChI=1S/C22H14Cl2F6N2O/c1-33-15-4-2-3-12(9-15)20(31-18-7-5-13(10-16(18)23)21(25,26)27)32-19-8-6-14(11-17(19)24)22(28,29)30/h2-11H,1H3,(H,31,32). The molecule has 0 bridgehead atoms. The Balaban J connectivity index is 2.08. The van der Waals surface area contributed by atoms with E-state index in [-0.39, 0.29) is 27.3 Å². The van der Waals surface area contributed by atoms with Crippen molar-refractivity contribution in [3.63, 3.8) is 0 Å². The Morgan fingerprint density at radius 3 is 1.97 bits per heavy atom. The van der Waals surface area contributed by atoms with E-state index >= 15 is 0 Å². The van der Waals surface area contributed by atoms with E-state index < -0.39 is 23.5 Å². The molecule has 0 atom stereocenters. The number of nitrogens with zero attached hydrogens (tertiary/aromatic N) is 1. The topological polar surface area (TPSA) is 33.6 Å². The maximum absolute atomic E-state index is 12.9. The summed E-state index contributed by atoms with van der Waals surface area (Å²) in [6, 6.07) is 11.8. The minimum absolute atomic E-state index is 0.00183. The van der Waals surface area contributed by atoms with Crippen LogP contribution >= 0.6 is 23.2 Å². The summed E-state index contributed by atoms with van der Waals surface area (Å²) in [5.41, 5.74) is -1.38. The summed E-state index contributed by atoms with van der Waals surface area (Å²) in [7, 11) is 1.43. The molecule has 174 valence electrons. The van der Waals surface area contributed by atoms with Crippen LogP contribution in [0.1, 0.15) is 16.7 Å². The van der Waals surface area contributed by atoms with Gasteiger partial charge in [0.15, 0.2) is 0 Å². The predicted octanol–water partition coefficient (Wildman–Crippen LogP) is 8.23. The van der Waals surface area contributed by atoms with Crippen molar-refractivity contribution in [2.75, 3.05) is 12.4 Å². The van der Waals surface area contributed by atoms with Crippen LogP contribution in [0.15, 0.2) is 65.7 Å². The number of amidine groups is 1. The number of rotatable bonds is 4. The summed E-state index contributed by atoms with van der Waals surface area (Å²) in [5.74, 6) is 0.510. The van der Waals surface area contributed by atoms with Crippen LogP contribution in [-0.4, -0.2) is 12.9 Å². The van der Waals surface area contributed by atoms with Crippen molar-refractivity contribution in [3.8, 4) is 5.75 Å². The Labute approximate surface area is 194 Å². The van der Waals surface area contributed by atoms with E-state index in [1.807, 2.05) is 0 Å². The van der Waals surface area contributed by atoms with Gasteiger partial charge in [0.25, 0.3) is 0 Å². The summed E-state index contributed by atoms with van der Waals surface area (Å²) in [4.78, 5) is 4.30. The zero-order chi connectivity index (χ0) is 24.4. The van der Waals surface area contributed by atoms with E-state index in [1.165, 1.54) is 7.11 Å². The Morgan fingerprint density at radius 2 is 1.42 bits per heavy atom. The van der Waals surface area contributed by atoms with Crippen LogP contribution in [0.4, 0.5) is 37.7 Å². The molecule has 3 aromatic carbocycles. The molecule has 33 heavy (non-hydrogen) atoms. The number of ether oxygens (including phenoxy) is 1. The second-order valence-electron chi connectivity index (χ2n) is 6.67. The van der Waals surface area contributed by atoms with E-state index in [9.17, 15) is 26.3 Å². The smallest absolute Gasteiger partial charge is 0.416 e. The van der Waals surface area contributed by atoms with Gasteiger partial charge in [-0.05, 0) is 48.5 Å². The molecule has 0 aliphatic rings. The van der Waals surface area contributed by atoms with Crippen LogP contribution in [0, 0.1) is 0 Å². The minimum Gasteiger partial charge on any atom is -0.497 e. The number of aliphatic imine (C=N–C) groups is 1. The maximum atomic E-state index is 12.9. The molecule has 3 nitrogen and oxygen atoms in total. The fraction of sp³-hybridized carbons (Fsp3) is 0.136. The lowest BCUT2D eigenvalue weighted by Crippen LogP contribution is -2.14. The molecular weight excluding hydrogens is 493 g/mol. The quantitative estimate of drug-likeness (QED) is 0.219. The highest BCUT2D eigenvalue weighted by molar-refractivity contribution is 6.34. The van der Waals surface area contributed by atoms with Crippen molar-refractivity contribution in [2.24, 2.45) is 4.99 Å². The van der Waals surface area contributed by atoms with Gasteiger partial charge in [0.05, 0.1) is 39.7 Å². The van der Waals surface area contributed by atoms with Crippen LogP contribution in [0.3, 0.4) is 0 Å². The van der Waals surface area contributed by atoms with E-state index in [0.29, 0.717) is 11.3 Å². The summed E-state index contributed by atoms with van der Waals surface area (Å²) in [5, 5.41) is 2.32. The van der Waals surface area contributed by atoms with Gasteiger partial charge in [-0.1, -0.05) is 35.3 Å². The molecule has 3 rings (SSSR count). The van der Waals surface area contributed by atoms with Crippen molar-refractivity contribution in [3.05, 3.63) is 87.4 Å². The highest BCUT2D eigenvalue weighted by atomic mass is 35.5.